The van der Waals surface area contributed by atoms with Crippen molar-refractivity contribution in [1.29, 1.82) is 0 Å². The molecule has 1 N–H and O–H groups in total. The van der Waals surface area contributed by atoms with Gasteiger partial charge in [-0.25, -0.2) is 4.79 Å². The molecule has 0 saturated heterocycles. The average Bonchev–Trinajstić information content (AvgIpc) is 2.35. The molecule has 1 amide bonds. The van der Waals surface area contributed by atoms with Crippen molar-refractivity contribution in [2.75, 3.05) is 17.3 Å². The van der Waals surface area contributed by atoms with Crippen LogP contribution in [-0.2, 0) is 10.9 Å². The van der Waals surface area contributed by atoms with Crippen LogP contribution in [0.2, 0.25) is 0 Å². The number of anilines is 1. The van der Waals surface area contributed by atoms with Crippen molar-refractivity contribution >= 4 is 27.7 Å². The van der Waals surface area contributed by atoms with Crippen LogP contribution in [0.25, 0.3) is 0 Å². The Morgan fingerprint density at radius 3 is 2.63 bits per heavy atom. The van der Waals surface area contributed by atoms with E-state index in [1.807, 2.05) is 6.92 Å². The van der Waals surface area contributed by atoms with Gasteiger partial charge in [0.2, 0.25) is 0 Å². The Kier molecular flexibility index (Phi) is 5.65. The predicted octanol–water partition coefficient (Wildman–Crippen LogP) is 4.28. The fraction of sp³-hybridized carbons (Fsp3) is 0.417. The summed E-state index contributed by atoms with van der Waals surface area (Å²) in [6, 6.07) is 4.74. The number of carbonyl (C=O) groups excluding carboxylic acids is 1. The van der Waals surface area contributed by atoms with E-state index in [1.54, 1.807) is 0 Å². The van der Waals surface area contributed by atoms with Crippen LogP contribution in [-0.4, -0.2) is 18.0 Å². The second-order valence-electron chi connectivity index (χ2n) is 4.03. The lowest BCUT2D eigenvalue weighted by atomic mass is 10.2. The first-order valence-corrected chi connectivity index (χ1v) is 6.62. The molecule has 1 aromatic carbocycles. The third-order valence-electron chi connectivity index (χ3n) is 2.23. The van der Waals surface area contributed by atoms with Crippen molar-refractivity contribution in [2.45, 2.75) is 13.1 Å². The Balaban J connectivity index is 2.70. The molecule has 0 fully saturated rings. The molecule has 0 aliphatic rings. The van der Waals surface area contributed by atoms with E-state index in [4.69, 9.17) is 4.74 Å². The topological polar surface area (TPSA) is 38.3 Å². The lowest BCUT2D eigenvalue weighted by Crippen LogP contribution is -2.20. The van der Waals surface area contributed by atoms with Crippen LogP contribution in [0.1, 0.15) is 12.5 Å². The average molecular weight is 340 g/mol. The highest BCUT2D eigenvalue weighted by Crippen LogP contribution is 2.34. The summed E-state index contributed by atoms with van der Waals surface area (Å²) in [5, 5.41) is 2.74. The molecule has 1 unspecified atom stereocenters. The number of nitrogens with one attached hydrogen (secondary N) is 1. The maximum Gasteiger partial charge on any atom is 0.418 e. The summed E-state index contributed by atoms with van der Waals surface area (Å²) < 4.78 is 42.8. The zero-order valence-corrected chi connectivity index (χ0v) is 11.7. The number of ether oxygens (including phenoxy) is 1. The second-order valence-corrected chi connectivity index (χ2v) is 4.67. The number of rotatable bonds is 4. The predicted molar refractivity (Wildman–Crippen MR) is 69.4 cm³/mol. The largest absolute Gasteiger partial charge is 0.449 e. The fourth-order valence-corrected chi connectivity index (χ4v) is 1.43. The lowest BCUT2D eigenvalue weighted by Gasteiger charge is -2.14. The van der Waals surface area contributed by atoms with Crippen LogP contribution in [0, 0.1) is 5.92 Å². The third-order valence-corrected chi connectivity index (χ3v) is 3.34. The number of hydrogen-bond acceptors (Lipinski definition) is 2. The van der Waals surface area contributed by atoms with E-state index in [9.17, 15) is 18.0 Å². The number of hydrogen-bond donors (Lipinski definition) is 1. The first-order chi connectivity index (χ1) is 8.84. The van der Waals surface area contributed by atoms with E-state index in [-0.39, 0.29) is 18.2 Å². The molecular weight excluding hydrogens is 327 g/mol. The van der Waals surface area contributed by atoms with E-state index < -0.39 is 17.8 Å². The molecule has 0 aromatic heterocycles. The van der Waals surface area contributed by atoms with Crippen LogP contribution in [0.4, 0.5) is 23.7 Å². The molecule has 1 atom stereocenters. The van der Waals surface area contributed by atoms with Crippen LogP contribution in [0.3, 0.4) is 0 Å². The number of alkyl halides is 4. The molecule has 0 aliphatic heterocycles. The normalized spacial score (nSPS) is 12.9. The van der Waals surface area contributed by atoms with Crippen molar-refractivity contribution in [3.63, 3.8) is 0 Å². The molecule has 19 heavy (non-hydrogen) atoms. The van der Waals surface area contributed by atoms with Crippen molar-refractivity contribution in [3.05, 3.63) is 29.8 Å². The minimum absolute atomic E-state index is 0.0867. The van der Waals surface area contributed by atoms with E-state index >= 15 is 0 Å². The van der Waals surface area contributed by atoms with Gasteiger partial charge in [0, 0.05) is 11.2 Å². The highest BCUT2D eigenvalue weighted by atomic mass is 79.9. The van der Waals surface area contributed by atoms with Gasteiger partial charge in [-0.05, 0) is 12.1 Å². The number of benzene rings is 1. The number of amides is 1. The smallest absolute Gasteiger partial charge is 0.418 e. The minimum Gasteiger partial charge on any atom is -0.449 e. The first-order valence-electron chi connectivity index (χ1n) is 5.50. The van der Waals surface area contributed by atoms with Gasteiger partial charge in [-0.3, -0.25) is 5.32 Å². The number of carbonyl (C=O) groups is 1. The molecule has 0 radical (unpaired) electrons. The van der Waals surface area contributed by atoms with Crippen molar-refractivity contribution in [3.8, 4) is 0 Å². The van der Waals surface area contributed by atoms with Crippen LogP contribution in [0.5, 0.6) is 0 Å². The Bertz CT molecular complexity index is 437. The van der Waals surface area contributed by atoms with Gasteiger partial charge in [-0.15, -0.1) is 0 Å². The molecular formula is C12H13BrF3NO2. The van der Waals surface area contributed by atoms with Gasteiger partial charge in [0.05, 0.1) is 17.9 Å². The van der Waals surface area contributed by atoms with Gasteiger partial charge in [0.15, 0.2) is 0 Å². The van der Waals surface area contributed by atoms with Crippen molar-refractivity contribution in [1.82, 2.24) is 0 Å². The van der Waals surface area contributed by atoms with Gasteiger partial charge in [0.1, 0.15) is 0 Å². The molecule has 3 nitrogen and oxygen atoms in total. The maximum absolute atomic E-state index is 12.7. The first kappa shape index (κ1) is 15.8. The van der Waals surface area contributed by atoms with E-state index in [0.717, 1.165) is 6.07 Å². The summed E-state index contributed by atoms with van der Waals surface area (Å²) in [6.07, 6.45) is -5.42. The molecule has 0 saturated carbocycles. The molecule has 106 valence electrons. The van der Waals surface area contributed by atoms with Crippen molar-refractivity contribution in [2.24, 2.45) is 5.92 Å². The number of halogens is 4. The summed E-state index contributed by atoms with van der Waals surface area (Å²) in [4.78, 5) is 11.4. The highest BCUT2D eigenvalue weighted by Gasteiger charge is 2.33. The Labute approximate surface area is 117 Å². The van der Waals surface area contributed by atoms with Gasteiger partial charge < -0.3 is 4.74 Å². The molecule has 1 aromatic rings. The third kappa shape index (κ3) is 5.10. The van der Waals surface area contributed by atoms with Gasteiger partial charge >= 0.3 is 12.3 Å². The summed E-state index contributed by atoms with van der Waals surface area (Å²) in [5.41, 5.74) is -1.22. The zero-order chi connectivity index (χ0) is 14.5. The standard InChI is InChI=1S/C12H13BrF3NO2/c1-8(6-13)7-19-11(18)17-10-5-3-2-4-9(10)12(14,15)16/h2-5,8H,6-7H2,1H3,(H,17,18). The van der Waals surface area contributed by atoms with Crippen LogP contribution in [0.15, 0.2) is 24.3 Å². The van der Waals surface area contributed by atoms with Gasteiger partial charge in [-0.2, -0.15) is 13.2 Å². The molecule has 1 rings (SSSR count). The van der Waals surface area contributed by atoms with E-state index in [1.165, 1.54) is 18.2 Å². The van der Waals surface area contributed by atoms with Crippen molar-refractivity contribution < 1.29 is 22.7 Å². The van der Waals surface area contributed by atoms with Gasteiger partial charge in [-0.1, -0.05) is 35.0 Å². The molecule has 7 heteroatoms. The Hall–Kier alpha value is -1.24. The lowest BCUT2D eigenvalue weighted by molar-refractivity contribution is -0.136. The summed E-state index contributed by atoms with van der Waals surface area (Å²) >= 11 is 3.21. The zero-order valence-electron chi connectivity index (χ0n) is 10.1. The summed E-state index contributed by atoms with van der Waals surface area (Å²) in [7, 11) is 0. The summed E-state index contributed by atoms with van der Waals surface area (Å²) in [6.45, 7) is 1.97. The SMILES string of the molecule is CC(CBr)COC(=O)Nc1ccccc1C(F)(F)F. The van der Waals surface area contributed by atoms with Crippen LogP contribution < -0.4 is 5.32 Å². The second kappa shape index (κ2) is 6.79. The molecule has 0 heterocycles. The monoisotopic (exact) mass is 339 g/mol. The van der Waals surface area contributed by atoms with Crippen LogP contribution >= 0.6 is 15.9 Å². The fourth-order valence-electron chi connectivity index (χ4n) is 1.25. The van der Waals surface area contributed by atoms with E-state index in [0.29, 0.717) is 5.33 Å². The highest BCUT2D eigenvalue weighted by molar-refractivity contribution is 9.09. The maximum atomic E-state index is 12.7. The van der Waals surface area contributed by atoms with Gasteiger partial charge in [0.25, 0.3) is 0 Å². The molecule has 0 bridgehead atoms. The quantitative estimate of drug-likeness (QED) is 0.831. The molecule has 0 aliphatic carbocycles. The molecule has 0 spiro atoms. The Morgan fingerprint density at radius 1 is 1.42 bits per heavy atom. The minimum atomic E-state index is -4.52. The van der Waals surface area contributed by atoms with E-state index in [2.05, 4.69) is 21.2 Å². The number of para-hydroxylation sites is 1. The summed E-state index contributed by atoms with van der Waals surface area (Å²) in [5.74, 6) is 0.0867. The Morgan fingerprint density at radius 2 is 2.05 bits per heavy atom.